The predicted molar refractivity (Wildman–Crippen MR) is 101 cm³/mol. The zero-order valence-corrected chi connectivity index (χ0v) is 14.4. The summed E-state index contributed by atoms with van der Waals surface area (Å²) in [4.78, 5) is 12.0. The maximum Gasteiger partial charge on any atom is 0.176 e. The molecule has 0 aliphatic carbocycles. The number of nitrogens with one attached hydrogen (secondary N) is 3. The van der Waals surface area contributed by atoms with Crippen LogP contribution >= 0.6 is 11.6 Å². The molecule has 7 heteroatoms. The number of carbonyl (C=O) groups excluding carboxylic acids is 1. The molecule has 0 saturated carbocycles. The summed E-state index contributed by atoms with van der Waals surface area (Å²) in [5.74, 6) is -0.0437. The highest BCUT2D eigenvalue weighted by Gasteiger charge is 2.08. The number of nitrogens with two attached hydrogens (primary N) is 1. The van der Waals surface area contributed by atoms with Crippen LogP contribution in [-0.2, 0) is 0 Å². The number of hydrogen-bond donors (Lipinski definition) is 5. The molecule has 0 saturated heterocycles. The van der Waals surface area contributed by atoms with Crippen molar-refractivity contribution in [1.82, 2.24) is 5.32 Å². The summed E-state index contributed by atoms with van der Waals surface area (Å²) < 4.78 is 0. The lowest BCUT2D eigenvalue weighted by molar-refractivity contribution is 0.0984. The number of Topliss-reactive ketones (excluding diaryl/α,β-unsaturated/α-hetero) is 1. The van der Waals surface area contributed by atoms with E-state index in [-0.39, 0.29) is 24.7 Å². The molecular formula is C18H21ClN4O2. The molecule has 25 heavy (non-hydrogen) atoms. The fourth-order valence-corrected chi connectivity index (χ4v) is 2.29. The number of ketones is 1. The highest BCUT2D eigenvalue weighted by Crippen LogP contribution is 2.10. The van der Waals surface area contributed by atoms with Crippen LogP contribution in [0.3, 0.4) is 0 Å². The lowest BCUT2D eigenvalue weighted by Gasteiger charge is -2.14. The number of rotatable bonds is 9. The quantitative estimate of drug-likeness (QED) is 0.266. The Hall–Kier alpha value is -2.41. The number of aliphatic hydroxyl groups excluding tert-OH is 1. The van der Waals surface area contributed by atoms with E-state index in [0.717, 1.165) is 5.69 Å². The second-order valence-electron chi connectivity index (χ2n) is 5.59. The summed E-state index contributed by atoms with van der Waals surface area (Å²) >= 11 is 5.79. The Morgan fingerprint density at radius 2 is 1.68 bits per heavy atom. The molecule has 2 rings (SSSR count). The number of carbonyl (C=O) groups is 1. The Bertz CT molecular complexity index is 717. The first kappa shape index (κ1) is 18.9. The zero-order valence-electron chi connectivity index (χ0n) is 13.6. The predicted octanol–water partition coefficient (Wildman–Crippen LogP) is 1.87. The monoisotopic (exact) mass is 360 g/mol. The lowest BCUT2D eigenvalue weighted by atomic mass is 10.1. The van der Waals surface area contributed by atoms with Gasteiger partial charge in [0.1, 0.15) is 5.84 Å². The van der Waals surface area contributed by atoms with Crippen molar-refractivity contribution >= 4 is 28.9 Å². The van der Waals surface area contributed by atoms with Gasteiger partial charge in [-0.15, -0.1) is 0 Å². The van der Waals surface area contributed by atoms with E-state index in [1.54, 1.807) is 48.5 Å². The Kier molecular flexibility index (Phi) is 6.94. The third-order valence-electron chi connectivity index (χ3n) is 3.57. The first-order valence-electron chi connectivity index (χ1n) is 7.81. The van der Waals surface area contributed by atoms with Crippen LogP contribution in [0.2, 0.25) is 5.02 Å². The molecule has 6 N–H and O–H groups in total. The van der Waals surface area contributed by atoms with Gasteiger partial charge in [-0.3, -0.25) is 10.2 Å². The number of amidine groups is 1. The van der Waals surface area contributed by atoms with Gasteiger partial charge < -0.3 is 21.5 Å². The van der Waals surface area contributed by atoms with Gasteiger partial charge in [-0.05, 0) is 48.5 Å². The molecule has 0 aliphatic rings. The fourth-order valence-electron chi connectivity index (χ4n) is 2.17. The van der Waals surface area contributed by atoms with Gasteiger partial charge in [0.25, 0.3) is 0 Å². The maximum atomic E-state index is 12.0. The van der Waals surface area contributed by atoms with Crippen LogP contribution in [-0.4, -0.2) is 42.5 Å². The van der Waals surface area contributed by atoms with Gasteiger partial charge >= 0.3 is 0 Å². The Balaban J connectivity index is 1.69. The summed E-state index contributed by atoms with van der Waals surface area (Å²) in [6, 6.07) is 13.8. The largest absolute Gasteiger partial charge is 0.390 e. The topological polar surface area (TPSA) is 111 Å². The number of nitrogen functional groups attached to an aromatic ring is 1. The number of aliphatic hydroxyl groups is 1. The second kappa shape index (κ2) is 9.17. The third-order valence-corrected chi connectivity index (χ3v) is 3.82. The molecule has 0 amide bonds. The van der Waals surface area contributed by atoms with Crippen molar-refractivity contribution in [1.29, 1.82) is 5.41 Å². The van der Waals surface area contributed by atoms with Crippen LogP contribution in [0.4, 0.5) is 5.69 Å². The zero-order chi connectivity index (χ0) is 18.2. The normalized spacial score (nSPS) is 11.8. The second-order valence-corrected chi connectivity index (χ2v) is 6.02. The van der Waals surface area contributed by atoms with E-state index in [2.05, 4.69) is 10.6 Å². The Morgan fingerprint density at radius 1 is 1.08 bits per heavy atom. The van der Waals surface area contributed by atoms with E-state index >= 15 is 0 Å². The minimum absolute atomic E-state index is 0.0149. The summed E-state index contributed by atoms with van der Waals surface area (Å²) in [7, 11) is 0. The van der Waals surface area contributed by atoms with Crippen LogP contribution in [0.1, 0.15) is 15.9 Å². The summed E-state index contributed by atoms with van der Waals surface area (Å²) in [6.45, 7) is 0.769. The smallest absolute Gasteiger partial charge is 0.176 e. The third kappa shape index (κ3) is 6.19. The molecule has 0 aliphatic heterocycles. The van der Waals surface area contributed by atoms with Gasteiger partial charge in [-0.1, -0.05) is 11.6 Å². The standard InChI is InChI=1S/C18H21ClN4O2/c19-14-5-1-12(2-6-14)17(25)11-22-9-16(24)10-23-15-7-3-13(4-8-15)18(20)21/h1-8,16,22-24H,9-11H2,(H3,20,21). The van der Waals surface area contributed by atoms with Gasteiger partial charge in [-0.2, -0.15) is 0 Å². The number of benzene rings is 2. The molecule has 132 valence electrons. The van der Waals surface area contributed by atoms with E-state index in [9.17, 15) is 9.90 Å². The molecular weight excluding hydrogens is 340 g/mol. The van der Waals surface area contributed by atoms with Crippen molar-refractivity contribution in [2.24, 2.45) is 5.73 Å². The van der Waals surface area contributed by atoms with E-state index < -0.39 is 6.10 Å². The molecule has 0 bridgehead atoms. The van der Waals surface area contributed by atoms with Gasteiger partial charge in [0.2, 0.25) is 0 Å². The average molecular weight is 361 g/mol. The van der Waals surface area contributed by atoms with Crippen LogP contribution in [0.5, 0.6) is 0 Å². The molecule has 0 fully saturated rings. The molecule has 2 aromatic carbocycles. The van der Waals surface area contributed by atoms with Crippen LogP contribution < -0.4 is 16.4 Å². The minimum atomic E-state index is -0.648. The van der Waals surface area contributed by atoms with Crippen molar-refractivity contribution in [3.63, 3.8) is 0 Å². The van der Waals surface area contributed by atoms with Crippen molar-refractivity contribution in [2.45, 2.75) is 6.10 Å². The number of anilines is 1. The summed E-state index contributed by atoms with van der Waals surface area (Å²) in [6.07, 6.45) is -0.648. The summed E-state index contributed by atoms with van der Waals surface area (Å²) in [5, 5.41) is 23.9. The molecule has 0 heterocycles. The Labute approximate surface area is 151 Å². The van der Waals surface area contributed by atoms with Gasteiger partial charge in [-0.25, -0.2) is 0 Å². The average Bonchev–Trinajstić information content (AvgIpc) is 2.60. The van der Waals surface area contributed by atoms with E-state index in [1.165, 1.54) is 0 Å². The van der Waals surface area contributed by atoms with Crippen molar-refractivity contribution in [2.75, 3.05) is 25.0 Å². The first-order chi connectivity index (χ1) is 12.0. The van der Waals surface area contributed by atoms with E-state index in [1.807, 2.05) is 0 Å². The lowest BCUT2D eigenvalue weighted by Crippen LogP contribution is -2.35. The highest BCUT2D eigenvalue weighted by atomic mass is 35.5. The number of halogens is 1. The molecule has 2 aromatic rings. The van der Waals surface area contributed by atoms with Gasteiger partial charge in [0.15, 0.2) is 5.78 Å². The van der Waals surface area contributed by atoms with Crippen molar-refractivity contribution in [3.05, 3.63) is 64.7 Å². The Morgan fingerprint density at radius 3 is 2.28 bits per heavy atom. The van der Waals surface area contributed by atoms with Crippen molar-refractivity contribution < 1.29 is 9.90 Å². The minimum Gasteiger partial charge on any atom is -0.390 e. The molecule has 0 spiro atoms. The van der Waals surface area contributed by atoms with Crippen molar-refractivity contribution in [3.8, 4) is 0 Å². The molecule has 1 unspecified atom stereocenters. The highest BCUT2D eigenvalue weighted by molar-refractivity contribution is 6.30. The molecule has 0 aromatic heterocycles. The van der Waals surface area contributed by atoms with E-state index in [4.69, 9.17) is 22.7 Å². The molecule has 1 atom stereocenters. The SMILES string of the molecule is N=C(N)c1ccc(NCC(O)CNCC(=O)c2ccc(Cl)cc2)cc1. The van der Waals surface area contributed by atoms with E-state index in [0.29, 0.717) is 22.7 Å². The van der Waals surface area contributed by atoms with Crippen LogP contribution in [0.15, 0.2) is 48.5 Å². The van der Waals surface area contributed by atoms with Crippen LogP contribution in [0, 0.1) is 5.41 Å². The first-order valence-corrected chi connectivity index (χ1v) is 8.19. The van der Waals surface area contributed by atoms with Gasteiger partial charge in [0.05, 0.1) is 12.6 Å². The van der Waals surface area contributed by atoms with Gasteiger partial charge in [0, 0.05) is 34.9 Å². The fraction of sp³-hybridized carbons (Fsp3) is 0.222. The van der Waals surface area contributed by atoms with Crippen LogP contribution in [0.25, 0.3) is 0 Å². The maximum absolute atomic E-state index is 12.0. The number of hydrogen-bond acceptors (Lipinski definition) is 5. The molecule has 6 nitrogen and oxygen atoms in total. The molecule has 0 radical (unpaired) electrons. The summed E-state index contributed by atoms with van der Waals surface area (Å²) in [5.41, 5.74) is 7.44.